The normalized spacial score (nSPS) is 13.7. The quantitative estimate of drug-likeness (QED) is 0.0222. The van der Waals surface area contributed by atoms with Gasteiger partial charge in [-0.1, -0.05) is 126 Å². The first-order valence-corrected chi connectivity index (χ1v) is 19.4. The zero-order valence-electron chi connectivity index (χ0n) is 32.3. The second-order valence-electron chi connectivity index (χ2n) is 13.9. The van der Waals surface area contributed by atoms with E-state index in [1.807, 2.05) is 30.4 Å². The van der Waals surface area contributed by atoms with Crippen molar-refractivity contribution in [3.8, 4) is 0 Å². The van der Waals surface area contributed by atoms with Crippen LogP contribution in [0.3, 0.4) is 0 Å². The van der Waals surface area contributed by atoms with Crippen molar-refractivity contribution >= 4 is 17.9 Å². The van der Waals surface area contributed by atoms with Gasteiger partial charge < -0.3 is 28.6 Å². The Balaban J connectivity index is 4.47. The average Bonchev–Trinajstić information content (AvgIpc) is 3.06. The van der Waals surface area contributed by atoms with Gasteiger partial charge in [-0.3, -0.25) is 9.59 Å². The molecule has 0 amide bonds. The van der Waals surface area contributed by atoms with Gasteiger partial charge in [0.25, 0.3) is 0 Å². The fourth-order valence-corrected chi connectivity index (χ4v) is 5.18. The molecule has 286 valence electrons. The molecule has 2 atom stereocenters. The van der Waals surface area contributed by atoms with Crippen LogP contribution in [0.4, 0.5) is 0 Å². The van der Waals surface area contributed by atoms with Crippen LogP contribution in [-0.4, -0.2) is 75.5 Å². The minimum Gasteiger partial charge on any atom is -0.544 e. The van der Waals surface area contributed by atoms with E-state index in [2.05, 4.69) is 44.2 Å². The molecule has 0 aliphatic carbocycles. The maximum Gasteiger partial charge on any atom is 0.306 e. The highest BCUT2D eigenvalue weighted by molar-refractivity contribution is 5.70. The fourth-order valence-electron chi connectivity index (χ4n) is 5.18. The molecular formula is C42H71NO7. The third-order valence-electron chi connectivity index (χ3n) is 8.23. The number of quaternary nitrogens is 1. The maximum atomic E-state index is 12.6. The Hall–Kier alpha value is -2.97. The van der Waals surface area contributed by atoms with E-state index in [1.165, 1.54) is 12.8 Å². The Morgan fingerprint density at radius 2 is 1.14 bits per heavy atom. The SMILES string of the molecule is CC/C=C/C=C/C=C/C=C/CCCCCCCC(=O)OCC(COCCC(C(=O)[O-])[N+](C)(C)C)OC(=O)CCCCCCC/C=C/CCCC. The van der Waals surface area contributed by atoms with Gasteiger partial charge in [-0.2, -0.15) is 0 Å². The van der Waals surface area contributed by atoms with Crippen LogP contribution in [0.25, 0.3) is 0 Å². The molecule has 0 aromatic carbocycles. The topological polar surface area (TPSA) is 102 Å². The molecule has 0 bridgehead atoms. The number of carboxylic acids is 1. The lowest BCUT2D eigenvalue weighted by molar-refractivity contribution is -0.889. The number of nitrogens with zero attached hydrogens (tertiary/aromatic N) is 1. The summed E-state index contributed by atoms with van der Waals surface area (Å²) in [5, 5.41) is 11.6. The zero-order valence-corrected chi connectivity index (χ0v) is 32.3. The first-order valence-electron chi connectivity index (χ1n) is 19.4. The van der Waals surface area contributed by atoms with Crippen molar-refractivity contribution in [2.75, 3.05) is 41.0 Å². The Labute approximate surface area is 305 Å². The average molecular weight is 702 g/mol. The van der Waals surface area contributed by atoms with Crippen molar-refractivity contribution in [2.24, 2.45) is 0 Å². The second-order valence-corrected chi connectivity index (χ2v) is 13.9. The molecule has 2 unspecified atom stereocenters. The number of allylic oxidation sites excluding steroid dienone is 10. The highest BCUT2D eigenvalue weighted by atomic mass is 16.6. The second kappa shape index (κ2) is 33.2. The van der Waals surface area contributed by atoms with Gasteiger partial charge in [-0.15, -0.1) is 0 Å². The molecule has 0 rings (SSSR count). The molecule has 8 nitrogen and oxygen atoms in total. The highest BCUT2D eigenvalue weighted by Gasteiger charge is 2.25. The third kappa shape index (κ3) is 31.0. The first-order chi connectivity index (χ1) is 24.1. The van der Waals surface area contributed by atoms with Crippen molar-refractivity contribution < 1.29 is 38.2 Å². The molecule has 8 heteroatoms. The van der Waals surface area contributed by atoms with E-state index >= 15 is 0 Å². The molecule has 0 heterocycles. The summed E-state index contributed by atoms with van der Waals surface area (Å²) in [5.74, 6) is -1.79. The van der Waals surface area contributed by atoms with Gasteiger partial charge in [0, 0.05) is 19.3 Å². The molecule has 0 spiro atoms. The zero-order chi connectivity index (χ0) is 37.1. The lowest BCUT2D eigenvalue weighted by atomic mass is 10.1. The highest BCUT2D eigenvalue weighted by Crippen LogP contribution is 2.12. The molecule has 0 saturated heterocycles. The molecule has 0 aromatic rings. The molecule has 50 heavy (non-hydrogen) atoms. The van der Waals surface area contributed by atoms with Gasteiger partial charge in [-0.05, 0) is 51.4 Å². The summed E-state index contributed by atoms with van der Waals surface area (Å²) in [6.45, 7) is 4.42. The Kier molecular flexibility index (Phi) is 31.2. The third-order valence-corrected chi connectivity index (χ3v) is 8.23. The molecule has 0 radical (unpaired) electrons. The summed E-state index contributed by atoms with van der Waals surface area (Å²) in [6.07, 6.45) is 38.1. The number of ether oxygens (including phenoxy) is 3. The number of carboxylic acid groups (broad SMARTS) is 1. The molecule has 0 aliphatic rings. The van der Waals surface area contributed by atoms with Crippen LogP contribution in [0, 0.1) is 0 Å². The molecule has 0 fully saturated rings. The van der Waals surface area contributed by atoms with E-state index < -0.39 is 18.1 Å². The minimum atomic E-state index is -1.13. The van der Waals surface area contributed by atoms with Crippen LogP contribution in [0.5, 0.6) is 0 Å². The van der Waals surface area contributed by atoms with Gasteiger partial charge in [0.05, 0.1) is 40.3 Å². The molecule has 0 aliphatic heterocycles. The number of carbonyl (C=O) groups excluding carboxylic acids is 3. The van der Waals surface area contributed by atoms with E-state index in [0.29, 0.717) is 12.8 Å². The number of hydrogen-bond donors (Lipinski definition) is 0. The van der Waals surface area contributed by atoms with E-state index in [1.54, 1.807) is 21.1 Å². The Bertz CT molecular complexity index is 1010. The minimum absolute atomic E-state index is 0.0267. The summed E-state index contributed by atoms with van der Waals surface area (Å²) < 4.78 is 17.0. The number of esters is 2. The van der Waals surface area contributed by atoms with Crippen LogP contribution < -0.4 is 5.11 Å². The van der Waals surface area contributed by atoms with Gasteiger partial charge in [0.1, 0.15) is 12.6 Å². The van der Waals surface area contributed by atoms with Crippen LogP contribution in [0.15, 0.2) is 60.8 Å². The van der Waals surface area contributed by atoms with Gasteiger partial charge >= 0.3 is 11.9 Å². The van der Waals surface area contributed by atoms with Gasteiger partial charge in [0.15, 0.2) is 6.10 Å². The first kappa shape index (κ1) is 47.0. The fraction of sp³-hybridized carbons (Fsp3) is 0.690. The summed E-state index contributed by atoms with van der Waals surface area (Å²) in [4.78, 5) is 36.6. The van der Waals surface area contributed by atoms with Crippen LogP contribution >= 0.6 is 0 Å². The number of unbranched alkanes of at least 4 members (excludes halogenated alkanes) is 12. The van der Waals surface area contributed by atoms with Crippen molar-refractivity contribution in [3.05, 3.63) is 60.8 Å². The summed E-state index contributed by atoms with van der Waals surface area (Å²) >= 11 is 0. The molecule has 0 aromatic heterocycles. The predicted octanol–water partition coefficient (Wildman–Crippen LogP) is 8.52. The molecule has 0 saturated carbocycles. The van der Waals surface area contributed by atoms with Gasteiger partial charge in [0.2, 0.25) is 0 Å². The van der Waals surface area contributed by atoms with Crippen LogP contribution in [-0.2, 0) is 28.6 Å². The van der Waals surface area contributed by atoms with E-state index in [0.717, 1.165) is 89.9 Å². The number of hydrogen-bond acceptors (Lipinski definition) is 7. The summed E-state index contributed by atoms with van der Waals surface area (Å²) in [6, 6.07) is -0.731. The van der Waals surface area contributed by atoms with Crippen molar-refractivity contribution in [1.82, 2.24) is 0 Å². The van der Waals surface area contributed by atoms with Crippen molar-refractivity contribution in [1.29, 1.82) is 0 Å². The Morgan fingerprint density at radius 1 is 0.620 bits per heavy atom. The van der Waals surface area contributed by atoms with Gasteiger partial charge in [-0.25, -0.2) is 0 Å². The number of aliphatic carboxylic acids is 1. The van der Waals surface area contributed by atoms with Crippen molar-refractivity contribution in [3.63, 3.8) is 0 Å². The largest absolute Gasteiger partial charge is 0.544 e. The molecule has 0 N–H and O–H groups in total. The van der Waals surface area contributed by atoms with Crippen molar-refractivity contribution in [2.45, 2.75) is 148 Å². The van der Waals surface area contributed by atoms with E-state index in [4.69, 9.17) is 14.2 Å². The standard InChI is InChI=1S/C42H71NO7/c1-6-8-10-12-14-16-18-19-20-21-23-24-26-28-30-32-40(44)49-37-38(36-48-35-34-39(42(46)47)43(3,4)5)50-41(45)33-31-29-27-25-22-17-15-13-11-9-7-2/h8,10,12-16,18-20,38-39H,6-7,9,11,17,21-37H2,1-5H3/b10-8+,14-12+,15-13+,18-16+,20-19+. The van der Waals surface area contributed by atoms with Crippen LogP contribution in [0.1, 0.15) is 136 Å². The molecular weight excluding hydrogens is 630 g/mol. The number of rotatable bonds is 33. The Morgan fingerprint density at radius 3 is 1.72 bits per heavy atom. The monoisotopic (exact) mass is 702 g/mol. The van der Waals surface area contributed by atoms with E-state index in [-0.39, 0.29) is 42.7 Å². The predicted molar refractivity (Wildman–Crippen MR) is 203 cm³/mol. The maximum absolute atomic E-state index is 12.6. The number of likely N-dealkylation sites (N-methyl/N-ethyl adjacent to an activating group) is 1. The smallest absolute Gasteiger partial charge is 0.306 e. The lowest BCUT2D eigenvalue weighted by Crippen LogP contribution is -2.55. The number of carbonyl (C=O) groups is 3. The van der Waals surface area contributed by atoms with Crippen LogP contribution in [0.2, 0.25) is 0 Å². The summed E-state index contributed by atoms with van der Waals surface area (Å²) in [7, 11) is 5.38. The van der Waals surface area contributed by atoms with E-state index in [9.17, 15) is 19.5 Å². The lowest BCUT2D eigenvalue weighted by Gasteiger charge is -2.34. The summed E-state index contributed by atoms with van der Waals surface area (Å²) in [5.41, 5.74) is 0.